The second-order valence-electron chi connectivity index (χ2n) is 3.42. The molecule has 0 aliphatic rings. The number of ketones is 2. The van der Waals surface area contributed by atoms with Gasteiger partial charge in [-0.1, -0.05) is 0 Å². The zero-order valence-electron chi connectivity index (χ0n) is 8.52. The second-order valence-corrected chi connectivity index (χ2v) is 3.42. The van der Waals surface area contributed by atoms with Gasteiger partial charge in [-0.05, 0) is 19.1 Å². The number of imidazole rings is 1. The Morgan fingerprint density at radius 3 is 2.47 bits per heavy atom. The molecule has 2 heterocycles. The highest BCUT2D eigenvalue weighted by Gasteiger charge is 2.07. The predicted octanol–water partition coefficient (Wildman–Crippen LogP) is 1.74. The van der Waals surface area contributed by atoms with Crippen LogP contribution in [0.5, 0.6) is 0 Å². The molecule has 0 saturated carbocycles. The van der Waals surface area contributed by atoms with E-state index in [4.69, 9.17) is 0 Å². The molecule has 0 aromatic carbocycles. The molecule has 0 spiro atoms. The number of aromatic nitrogens is 2. The number of hydrogen-bond acceptors (Lipinski definition) is 3. The molecular formula is C11H10N2O2. The minimum atomic E-state index is -0.0805. The summed E-state index contributed by atoms with van der Waals surface area (Å²) in [7, 11) is 0. The van der Waals surface area contributed by atoms with E-state index in [2.05, 4.69) is 4.98 Å². The van der Waals surface area contributed by atoms with Gasteiger partial charge in [0.25, 0.3) is 0 Å². The molecule has 0 radical (unpaired) electrons. The van der Waals surface area contributed by atoms with Gasteiger partial charge in [0.1, 0.15) is 11.3 Å². The van der Waals surface area contributed by atoms with E-state index in [-0.39, 0.29) is 11.6 Å². The van der Waals surface area contributed by atoms with Gasteiger partial charge in [-0.15, -0.1) is 0 Å². The summed E-state index contributed by atoms with van der Waals surface area (Å²) < 4.78 is 1.69. The molecule has 4 nitrogen and oxygen atoms in total. The lowest BCUT2D eigenvalue weighted by Gasteiger charge is -1.96. The van der Waals surface area contributed by atoms with Crippen LogP contribution < -0.4 is 0 Å². The van der Waals surface area contributed by atoms with Crippen molar-refractivity contribution in [3.8, 4) is 0 Å². The molecule has 0 atom stereocenters. The van der Waals surface area contributed by atoms with Gasteiger partial charge in [0, 0.05) is 24.9 Å². The van der Waals surface area contributed by atoms with Crippen LogP contribution in [0.4, 0.5) is 0 Å². The summed E-state index contributed by atoms with van der Waals surface area (Å²) in [5, 5.41) is 0. The Labute approximate surface area is 86.6 Å². The fraction of sp³-hybridized carbons (Fsp3) is 0.182. The number of pyridine rings is 1. The maximum Gasteiger partial charge on any atom is 0.179 e. The maximum atomic E-state index is 11.1. The molecule has 0 amide bonds. The molecule has 0 unspecified atom stereocenters. The van der Waals surface area contributed by atoms with Crippen molar-refractivity contribution in [2.45, 2.75) is 13.8 Å². The molecule has 2 aromatic heterocycles. The van der Waals surface area contributed by atoms with Gasteiger partial charge in [0.15, 0.2) is 11.6 Å². The molecule has 0 N–H and O–H groups in total. The Hall–Kier alpha value is -1.97. The van der Waals surface area contributed by atoms with E-state index in [1.54, 1.807) is 28.9 Å². The van der Waals surface area contributed by atoms with E-state index in [0.717, 1.165) is 0 Å². The molecule has 2 aromatic rings. The van der Waals surface area contributed by atoms with Crippen molar-refractivity contribution in [1.29, 1.82) is 0 Å². The van der Waals surface area contributed by atoms with E-state index in [1.165, 1.54) is 13.8 Å². The average molecular weight is 202 g/mol. The van der Waals surface area contributed by atoms with Gasteiger partial charge >= 0.3 is 0 Å². The van der Waals surface area contributed by atoms with Crippen molar-refractivity contribution in [3.05, 3.63) is 35.8 Å². The van der Waals surface area contributed by atoms with Crippen LogP contribution in [-0.4, -0.2) is 21.0 Å². The summed E-state index contributed by atoms with van der Waals surface area (Å²) in [6.07, 6.45) is 3.31. The Morgan fingerprint density at radius 2 is 1.87 bits per heavy atom. The lowest BCUT2D eigenvalue weighted by molar-refractivity contribution is 0.100. The van der Waals surface area contributed by atoms with Crippen molar-refractivity contribution in [2.24, 2.45) is 0 Å². The van der Waals surface area contributed by atoms with Crippen LogP contribution >= 0.6 is 0 Å². The van der Waals surface area contributed by atoms with Gasteiger partial charge in [0.05, 0.1) is 0 Å². The van der Waals surface area contributed by atoms with Crippen molar-refractivity contribution in [3.63, 3.8) is 0 Å². The maximum absolute atomic E-state index is 11.1. The third kappa shape index (κ3) is 1.66. The van der Waals surface area contributed by atoms with Gasteiger partial charge in [0.2, 0.25) is 0 Å². The Morgan fingerprint density at radius 1 is 1.13 bits per heavy atom. The summed E-state index contributed by atoms with van der Waals surface area (Å²) in [4.78, 5) is 26.3. The van der Waals surface area contributed by atoms with Crippen molar-refractivity contribution in [1.82, 2.24) is 9.38 Å². The number of carbonyl (C=O) groups is 2. The number of nitrogens with zero attached hydrogens (tertiary/aromatic N) is 2. The fourth-order valence-electron chi connectivity index (χ4n) is 1.37. The van der Waals surface area contributed by atoms with Crippen LogP contribution in [0.3, 0.4) is 0 Å². The summed E-state index contributed by atoms with van der Waals surface area (Å²) in [6, 6.07) is 3.43. The standard InChI is InChI=1S/C11H10N2O2/c1-7(14)9-3-4-11-12-10(8(2)15)6-13(11)5-9/h3-6H,1-2H3. The Kier molecular flexibility index (Phi) is 2.11. The monoisotopic (exact) mass is 202 g/mol. The van der Waals surface area contributed by atoms with E-state index >= 15 is 0 Å². The number of fused-ring (bicyclic) bond motifs is 1. The molecular weight excluding hydrogens is 192 g/mol. The Balaban J connectivity index is 2.62. The molecule has 15 heavy (non-hydrogen) atoms. The molecule has 2 rings (SSSR count). The lowest BCUT2D eigenvalue weighted by atomic mass is 10.2. The van der Waals surface area contributed by atoms with Crippen LogP contribution in [0.1, 0.15) is 34.7 Å². The first-order valence-corrected chi connectivity index (χ1v) is 4.58. The van der Waals surface area contributed by atoms with Gasteiger partial charge < -0.3 is 4.40 Å². The number of rotatable bonds is 2. The average Bonchev–Trinajstić information content (AvgIpc) is 2.59. The van der Waals surface area contributed by atoms with Gasteiger partial charge in [-0.2, -0.15) is 0 Å². The molecule has 0 aliphatic heterocycles. The van der Waals surface area contributed by atoms with Crippen LogP contribution in [0, 0.1) is 0 Å². The summed E-state index contributed by atoms with van der Waals surface area (Å²) in [5.74, 6) is -0.0851. The second kappa shape index (κ2) is 3.31. The SMILES string of the molecule is CC(=O)c1ccc2nc(C(C)=O)cn2c1. The number of hydrogen-bond donors (Lipinski definition) is 0. The zero-order valence-corrected chi connectivity index (χ0v) is 8.52. The number of carbonyl (C=O) groups excluding carboxylic acids is 2. The first-order valence-electron chi connectivity index (χ1n) is 4.58. The molecule has 4 heteroatoms. The Bertz CT molecular complexity index is 543. The van der Waals surface area contributed by atoms with Crippen LogP contribution in [0.25, 0.3) is 5.65 Å². The van der Waals surface area contributed by atoms with Gasteiger partial charge in [-0.3, -0.25) is 9.59 Å². The first-order chi connectivity index (χ1) is 7.08. The summed E-state index contributed by atoms with van der Waals surface area (Å²) in [6.45, 7) is 2.97. The van der Waals surface area contributed by atoms with Crippen molar-refractivity contribution < 1.29 is 9.59 Å². The van der Waals surface area contributed by atoms with Crippen LogP contribution in [0.2, 0.25) is 0 Å². The first kappa shape index (κ1) is 9.58. The van der Waals surface area contributed by atoms with Crippen LogP contribution in [0.15, 0.2) is 24.5 Å². The highest BCUT2D eigenvalue weighted by molar-refractivity contribution is 5.95. The quantitative estimate of drug-likeness (QED) is 0.697. The molecule has 0 bridgehead atoms. The largest absolute Gasteiger partial charge is 0.306 e. The predicted molar refractivity (Wildman–Crippen MR) is 55.2 cm³/mol. The highest BCUT2D eigenvalue weighted by Crippen LogP contribution is 2.08. The van der Waals surface area contributed by atoms with E-state index in [9.17, 15) is 9.59 Å². The van der Waals surface area contributed by atoms with Crippen molar-refractivity contribution in [2.75, 3.05) is 0 Å². The minimum absolute atomic E-state index is 0.00465. The molecule has 0 aliphatic carbocycles. The molecule has 76 valence electrons. The third-order valence-corrected chi connectivity index (χ3v) is 2.22. The molecule has 0 fully saturated rings. The van der Waals surface area contributed by atoms with E-state index in [1.807, 2.05) is 0 Å². The smallest absolute Gasteiger partial charge is 0.179 e. The van der Waals surface area contributed by atoms with Crippen molar-refractivity contribution >= 4 is 17.2 Å². The van der Waals surface area contributed by atoms with E-state index in [0.29, 0.717) is 16.9 Å². The zero-order chi connectivity index (χ0) is 11.0. The normalized spacial score (nSPS) is 10.5. The number of Topliss-reactive ketones (excluding diaryl/α,β-unsaturated/α-hetero) is 2. The third-order valence-electron chi connectivity index (χ3n) is 2.22. The minimum Gasteiger partial charge on any atom is -0.306 e. The lowest BCUT2D eigenvalue weighted by Crippen LogP contribution is -1.94. The topological polar surface area (TPSA) is 51.4 Å². The van der Waals surface area contributed by atoms with Gasteiger partial charge in [-0.25, -0.2) is 4.98 Å². The van der Waals surface area contributed by atoms with E-state index < -0.39 is 0 Å². The summed E-state index contributed by atoms with van der Waals surface area (Å²) in [5.41, 5.74) is 1.69. The highest BCUT2D eigenvalue weighted by atomic mass is 16.1. The summed E-state index contributed by atoms with van der Waals surface area (Å²) >= 11 is 0. The fourth-order valence-corrected chi connectivity index (χ4v) is 1.37. The van der Waals surface area contributed by atoms with Crippen LogP contribution in [-0.2, 0) is 0 Å². The molecule has 0 saturated heterocycles.